The Bertz CT molecular complexity index is 1250. The van der Waals surface area contributed by atoms with E-state index in [4.69, 9.17) is 13.6 Å². The predicted molar refractivity (Wildman–Crippen MR) is 149 cm³/mol. The highest BCUT2D eigenvalue weighted by atomic mass is 28.4. The van der Waals surface area contributed by atoms with Crippen LogP contribution in [-0.4, -0.2) is 22.0 Å². The lowest BCUT2D eigenvalue weighted by atomic mass is 9.95. The van der Waals surface area contributed by atoms with Gasteiger partial charge in [0.25, 0.3) is 0 Å². The van der Waals surface area contributed by atoms with Crippen LogP contribution < -0.4 is 10.4 Å². The van der Waals surface area contributed by atoms with Crippen molar-refractivity contribution < 1.29 is 26.8 Å². The van der Waals surface area contributed by atoms with Crippen molar-refractivity contribution in [2.24, 2.45) is 0 Å². The van der Waals surface area contributed by atoms with Gasteiger partial charge in [0.15, 0.2) is 8.32 Å². The van der Waals surface area contributed by atoms with Gasteiger partial charge in [0.05, 0.1) is 17.7 Å². The summed E-state index contributed by atoms with van der Waals surface area (Å²) in [5.74, 6) is 0.564. The van der Waals surface area contributed by atoms with Gasteiger partial charge >= 0.3 is 11.8 Å². The summed E-state index contributed by atoms with van der Waals surface area (Å²) in [5.41, 5.74) is -0.981. The third-order valence-electron chi connectivity index (χ3n) is 6.95. The van der Waals surface area contributed by atoms with Crippen LogP contribution in [0.2, 0.25) is 19.1 Å². The van der Waals surface area contributed by atoms with Gasteiger partial charge in [-0.15, -0.1) is 0 Å². The second-order valence-corrected chi connectivity index (χ2v) is 14.9. The fourth-order valence-electron chi connectivity index (χ4n) is 4.46. The Balaban J connectivity index is 1.70. The molecule has 0 aliphatic carbocycles. The molecule has 4 nitrogen and oxygen atoms in total. The van der Waals surface area contributed by atoms with Crippen LogP contribution in [0.1, 0.15) is 63.0 Å². The topological polar surface area (TPSA) is 48.7 Å². The summed E-state index contributed by atoms with van der Waals surface area (Å²) < 4.78 is 58.7. The third kappa shape index (κ3) is 8.46. The molecule has 0 bridgehead atoms. The molecule has 0 saturated carbocycles. The minimum atomic E-state index is -4.59. The van der Waals surface area contributed by atoms with Crippen LogP contribution in [-0.2, 0) is 17.0 Å². The molecule has 8 heteroatoms. The van der Waals surface area contributed by atoms with E-state index < -0.39 is 25.7 Å². The van der Waals surface area contributed by atoms with Crippen LogP contribution >= 0.6 is 0 Å². The Kier molecular flexibility index (Phi) is 10.6. The van der Waals surface area contributed by atoms with Crippen molar-refractivity contribution >= 4 is 19.3 Å². The minimum absolute atomic E-state index is 0.0988. The molecule has 0 atom stereocenters. The van der Waals surface area contributed by atoms with Gasteiger partial charge in [-0.2, -0.15) is 13.2 Å². The number of fused-ring (bicyclic) bond motifs is 1. The van der Waals surface area contributed by atoms with Crippen LogP contribution in [0, 0.1) is 0 Å². The number of ether oxygens (including phenoxy) is 1. The number of unbranched alkanes of at least 4 members (excludes halogenated alkanes) is 5. The molecule has 38 heavy (non-hydrogen) atoms. The number of benzene rings is 2. The molecule has 0 spiro atoms. The lowest BCUT2D eigenvalue weighted by molar-refractivity contribution is -0.137. The number of halogens is 3. The van der Waals surface area contributed by atoms with Crippen molar-refractivity contribution in [1.82, 2.24) is 0 Å². The van der Waals surface area contributed by atoms with E-state index in [2.05, 4.69) is 13.1 Å². The van der Waals surface area contributed by atoms with Crippen molar-refractivity contribution in [3.63, 3.8) is 0 Å². The monoisotopic (exact) mass is 548 g/mol. The van der Waals surface area contributed by atoms with E-state index in [0.29, 0.717) is 29.7 Å². The smallest absolute Gasteiger partial charge is 0.417 e. The first kappa shape index (κ1) is 30.0. The maximum absolute atomic E-state index is 13.9. The normalized spacial score (nSPS) is 12.3. The Hall–Kier alpha value is -2.58. The molecule has 208 valence electrons. The first-order chi connectivity index (χ1) is 18.0. The Morgan fingerprint density at radius 1 is 0.895 bits per heavy atom. The Morgan fingerprint density at radius 2 is 1.66 bits per heavy atom. The van der Waals surface area contributed by atoms with Crippen molar-refractivity contribution in [3.8, 4) is 16.9 Å². The van der Waals surface area contributed by atoms with Crippen molar-refractivity contribution in [1.29, 1.82) is 0 Å². The van der Waals surface area contributed by atoms with E-state index in [9.17, 15) is 18.0 Å². The van der Waals surface area contributed by atoms with E-state index in [1.165, 1.54) is 12.1 Å². The molecule has 0 unspecified atom stereocenters. The van der Waals surface area contributed by atoms with Crippen molar-refractivity contribution in [2.75, 3.05) is 13.7 Å². The molecule has 0 aliphatic heterocycles. The summed E-state index contributed by atoms with van der Waals surface area (Å²) >= 11 is 0. The zero-order valence-corrected chi connectivity index (χ0v) is 23.9. The van der Waals surface area contributed by atoms with E-state index in [-0.39, 0.29) is 16.7 Å². The van der Waals surface area contributed by atoms with Gasteiger partial charge in [-0.1, -0.05) is 51.2 Å². The second-order valence-electron chi connectivity index (χ2n) is 10.5. The molecule has 0 saturated heterocycles. The molecular formula is C30H39F3O4Si. The van der Waals surface area contributed by atoms with Crippen LogP contribution in [0.15, 0.2) is 51.7 Å². The highest BCUT2D eigenvalue weighted by Gasteiger charge is 2.34. The predicted octanol–water partition coefficient (Wildman–Crippen LogP) is 9.00. The quantitative estimate of drug-likeness (QED) is 0.115. The minimum Gasteiger partial charge on any atom is -0.493 e. The highest BCUT2D eigenvalue weighted by molar-refractivity contribution is 6.71. The van der Waals surface area contributed by atoms with Gasteiger partial charge in [-0.3, -0.25) is 0 Å². The number of rotatable bonds is 14. The largest absolute Gasteiger partial charge is 0.493 e. The first-order valence-corrected chi connectivity index (χ1v) is 16.6. The SMILES string of the molecule is CCCCCc1ccc(-c2cc3ccc(OCCCCCC[Si](C)(C)OC)cc3oc2=O)c(C(F)(F)F)c1. The number of hydrogen-bond acceptors (Lipinski definition) is 4. The third-order valence-corrected chi connectivity index (χ3v) is 9.61. The zero-order chi connectivity index (χ0) is 27.8. The van der Waals surface area contributed by atoms with Crippen LogP contribution in [0.5, 0.6) is 5.75 Å². The lowest BCUT2D eigenvalue weighted by Gasteiger charge is -2.19. The molecule has 0 amide bonds. The van der Waals surface area contributed by atoms with Gasteiger partial charge in [-0.25, -0.2) is 4.79 Å². The number of alkyl halides is 3. The fourth-order valence-corrected chi connectivity index (χ4v) is 5.77. The summed E-state index contributed by atoms with van der Waals surface area (Å²) in [6.07, 6.45) is 2.98. The first-order valence-electron chi connectivity index (χ1n) is 13.5. The summed E-state index contributed by atoms with van der Waals surface area (Å²) in [6, 6.07) is 11.9. The lowest BCUT2D eigenvalue weighted by Crippen LogP contribution is -2.27. The summed E-state index contributed by atoms with van der Waals surface area (Å²) in [5, 5.41) is 0.539. The van der Waals surface area contributed by atoms with Crippen LogP contribution in [0.4, 0.5) is 13.2 Å². The average Bonchev–Trinajstić information content (AvgIpc) is 2.87. The molecular weight excluding hydrogens is 509 g/mol. The molecule has 0 N–H and O–H groups in total. The maximum atomic E-state index is 13.9. The van der Waals surface area contributed by atoms with Gasteiger partial charge < -0.3 is 13.6 Å². The molecule has 0 radical (unpaired) electrons. The van der Waals surface area contributed by atoms with Crippen molar-refractivity contribution in [2.45, 2.75) is 83.6 Å². The van der Waals surface area contributed by atoms with Gasteiger partial charge in [0, 0.05) is 24.1 Å². The molecule has 2 aromatic carbocycles. The molecule has 0 aliphatic rings. The number of hydrogen-bond donors (Lipinski definition) is 0. The van der Waals surface area contributed by atoms with E-state index in [1.54, 1.807) is 31.4 Å². The second kappa shape index (κ2) is 13.5. The van der Waals surface area contributed by atoms with E-state index in [0.717, 1.165) is 57.1 Å². The summed E-state index contributed by atoms with van der Waals surface area (Å²) in [4.78, 5) is 12.8. The highest BCUT2D eigenvalue weighted by Crippen LogP contribution is 2.38. The van der Waals surface area contributed by atoms with Crippen molar-refractivity contribution in [3.05, 3.63) is 64.0 Å². The maximum Gasteiger partial charge on any atom is 0.417 e. The molecule has 1 aromatic heterocycles. The molecule has 1 heterocycles. The number of aryl methyl sites for hydroxylation is 1. The van der Waals surface area contributed by atoms with Crippen LogP contribution in [0.3, 0.4) is 0 Å². The van der Waals surface area contributed by atoms with Gasteiger partial charge in [0.1, 0.15) is 11.3 Å². The summed E-state index contributed by atoms with van der Waals surface area (Å²) in [6.45, 7) is 7.03. The van der Waals surface area contributed by atoms with E-state index in [1.807, 2.05) is 6.92 Å². The zero-order valence-electron chi connectivity index (χ0n) is 22.9. The van der Waals surface area contributed by atoms with E-state index >= 15 is 0 Å². The Labute approximate surface area is 224 Å². The fraction of sp³-hybridized carbons (Fsp3) is 0.500. The summed E-state index contributed by atoms with van der Waals surface area (Å²) in [7, 11) is 0.291. The average molecular weight is 549 g/mol. The molecule has 3 aromatic rings. The standard InChI is InChI=1S/C30H39F3O4Si/c1-5-6-9-12-22-13-16-25(27(19-22)30(31,32)33)26-20-23-14-15-24(21-28(23)37-29(26)34)36-17-10-7-8-11-18-38(3,4)35-2/h13-16,19-21H,5-12,17-18H2,1-4H3. The Morgan fingerprint density at radius 3 is 2.37 bits per heavy atom. The molecule has 0 fully saturated rings. The van der Waals surface area contributed by atoms with Gasteiger partial charge in [-0.05, 0) is 68.2 Å². The van der Waals surface area contributed by atoms with Crippen LogP contribution in [0.25, 0.3) is 22.1 Å². The van der Waals surface area contributed by atoms with Gasteiger partial charge in [0.2, 0.25) is 0 Å². The molecule has 3 rings (SSSR count).